The number of carbonyl (C=O) groups is 1. The molecule has 1 fully saturated rings. The van der Waals surface area contributed by atoms with Crippen LogP contribution in [0.4, 0.5) is 5.69 Å². The van der Waals surface area contributed by atoms with Crippen LogP contribution in [0.25, 0.3) is 10.9 Å². The quantitative estimate of drug-likeness (QED) is 0.341. The van der Waals surface area contributed by atoms with Gasteiger partial charge in [-0.1, -0.05) is 37.3 Å². The van der Waals surface area contributed by atoms with E-state index in [1.807, 2.05) is 54.6 Å². The maximum absolute atomic E-state index is 13.3. The third-order valence-electron chi connectivity index (χ3n) is 6.04. The number of aromatic nitrogens is 2. The standard InChI is InChI=1S/C27H28N4O3S/c1-2-24-22-16-23(26(17-25(22)29-28-24)34-18-19-6-4-3-5-7-19)27(32)30-35-21-10-8-20(9-11-21)31-12-14-33-15-13-31/h3-11,16-17H,2,12-15,18H2,1H3,(H,28,29)(H,30,32). The molecule has 0 atom stereocenters. The monoisotopic (exact) mass is 488 g/mol. The van der Waals surface area contributed by atoms with Crippen molar-refractivity contribution in [1.82, 2.24) is 14.9 Å². The number of nitrogens with zero attached hydrogens (tertiary/aromatic N) is 2. The molecule has 1 saturated heterocycles. The molecule has 8 heteroatoms. The smallest absolute Gasteiger partial charge is 0.265 e. The van der Waals surface area contributed by atoms with Gasteiger partial charge in [-0.2, -0.15) is 5.10 Å². The minimum Gasteiger partial charge on any atom is -0.488 e. The zero-order valence-electron chi connectivity index (χ0n) is 19.6. The summed E-state index contributed by atoms with van der Waals surface area (Å²) in [6.45, 7) is 5.72. The molecule has 3 aromatic carbocycles. The summed E-state index contributed by atoms with van der Waals surface area (Å²) in [7, 11) is 0. The number of ether oxygens (including phenoxy) is 2. The molecule has 7 nitrogen and oxygen atoms in total. The lowest BCUT2D eigenvalue weighted by Gasteiger charge is -2.28. The zero-order valence-corrected chi connectivity index (χ0v) is 20.4. The summed E-state index contributed by atoms with van der Waals surface area (Å²) >= 11 is 1.30. The van der Waals surface area contributed by atoms with Crippen LogP contribution in [0.2, 0.25) is 0 Å². The van der Waals surface area contributed by atoms with Gasteiger partial charge in [0.2, 0.25) is 0 Å². The Labute approximate surface area is 208 Å². The van der Waals surface area contributed by atoms with Gasteiger partial charge in [-0.25, -0.2) is 0 Å². The number of H-pyrrole nitrogens is 1. The third-order valence-corrected chi connectivity index (χ3v) is 6.84. The number of anilines is 1. The number of morpholine rings is 1. The second-order valence-corrected chi connectivity index (χ2v) is 9.20. The first-order valence-electron chi connectivity index (χ1n) is 11.8. The largest absolute Gasteiger partial charge is 0.488 e. The molecular weight excluding hydrogens is 460 g/mol. The van der Waals surface area contributed by atoms with Crippen LogP contribution in [0, 0.1) is 0 Å². The van der Waals surface area contributed by atoms with E-state index in [-0.39, 0.29) is 5.91 Å². The van der Waals surface area contributed by atoms with Crippen molar-refractivity contribution in [1.29, 1.82) is 0 Å². The predicted octanol–water partition coefficient (Wildman–Crippen LogP) is 4.98. The molecule has 1 aromatic heterocycles. The van der Waals surface area contributed by atoms with Crippen LogP contribution < -0.4 is 14.4 Å². The first kappa shape index (κ1) is 23.3. The Morgan fingerprint density at radius 3 is 2.63 bits per heavy atom. The Balaban J connectivity index is 1.32. The fraction of sp³-hybridized carbons (Fsp3) is 0.259. The number of aromatic amines is 1. The molecule has 0 radical (unpaired) electrons. The highest BCUT2D eigenvalue weighted by Crippen LogP contribution is 2.29. The van der Waals surface area contributed by atoms with Crippen LogP contribution in [0.5, 0.6) is 5.75 Å². The first-order valence-corrected chi connectivity index (χ1v) is 12.6. The topological polar surface area (TPSA) is 79.5 Å². The third kappa shape index (κ3) is 5.44. The molecular formula is C27H28N4O3S. The summed E-state index contributed by atoms with van der Waals surface area (Å²) in [4.78, 5) is 16.5. The van der Waals surface area contributed by atoms with Crippen LogP contribution in [-0.2, 0) is 17.8 Å². The number of fused-ring (bicyclic) bond motifs is 1. The molecule has 2 heterocycles. The van der Waals surface area contributed by atoms with E-state index in [1.54, 1.807) is 0 Å². The molecule has 35 heavy (non-hydrogen) atoms. The molecule has 1 aliphatic rings. The molecule has 5 rings (SSSR count). The Bertz CT molecular complexity index is 1290. The van der Waals surface area contributed by atoms with Gasteiger partial charge >= 0.3 is 0 Å². The van der Waals surface area contributed by atoms with Gasteiger partial charge in [-0.15, -0.1) is 0 Å². The molecule has 0 saturated carbocycles. The van der Waals surface area contributed by atoms with Gasteiger partial charge < -0.3 is 14.4 Å². The van der Waals surface area contributed by atoms with E-state index in [0.29, 0.717) is 17.9 Å². The predicted molar refractivity (Wildman–Crippen MR) is 139 cm³/mol. The van der Waals surface area contributed by atoms with Gasteiger partial charge in [0.25, 0.3) is 5.91 Å². The lowest BCUT2D eigenvalue weighted by molar-refractivity contribution is 0.0980. The van der Waals surface area contributed by atoms with E-state index in [1.165, 1.54) is 11.9 Å². The van der Waals surface area contributed by atoms with E-state index >= 15 is 0 Å². The Kier molecular flexibility index (Phi) is 7.20. The van der Waals surface area contributed by atoms with Gasteiger partial charge in [-0.3, -0.25) is 14.6 Å². The number of hydrogen-bond acceptors (Lipinski definition) is 6. The van der Waals surface area contributed by atoms with Crippen molar-refractivity contribution in [3.8, 4) is 5.75 Å². The van der Waals surface area contributed by atoms with Crippen LogP contribution in [0.15, 0.2) is 71.6 Å². The molecule has 2 N–H and O–H groups in total. The molecule has 0 aliphatic carbocycles. The number of rotatable bonds is 8. The van der Waals surface area contributed by atoms with Crippen molar-refractivity contribution in [2.75, 3.05) is 31.2 Å². The van der Waals surface area contributed by atoms with Crippen LogP contribution >= 0.6 is 11.9 Å². The second kappa shape index (κ2) is 10.8. The minimum atomic E-state index is -0.208. The highest BCUT2D eigenvalue weighted by Gasteiger charge is 2.18. The molecule has 1 amide bonds. The summed E-state index contributed by atoms with van der Waals surface area (Å²) in [5, 5.41) is 8.39. The average Bonchev–Trinajstić information content (AvgIpc) is 3.33. The SMILES string of the molecule is CCc1[nH]nc2cc(OCc3ccccc3)c(C(=O)NSc3ccc(N4CCOCC4)cc3)cc12. The van der Waals surface area contributed by atoms with Crippen LogP contribution in [-0.4, -0.2) is 42.4 Å². The number of nitrogens with one attached hydrogen (secondary N) is 2. The Morgan fingerprint density at radius 1 is 1.11 bits per heavy atom. The first-order chi connectivity index (χ1) is 17.2. The molecule has 4 aromatic rings. The van der Waals surface area contributed by atoms with E-state index in [4.69, 9.17) is 9.47 Å². The Morgan fingerprint density at radius 2 is 1.89 bits per heavy atom. The molecule has 180 valence electrons. The highest BCUT2D eigenvalue weighted by atomic mass is 32.2. The normalized spacial score (nSPS) is 13.7. The van der Waals surface area contributed by atoms with Gasteiger partial charge in [0.05, 0.1) is 24.3 Å². The Hall–Kier alpha value is -3.49. The fourth-order valence-electron chi connectivity index (χ4n) is 4.10. The van der Waals surface area contributed by atoms with Gasteiger partial charge in [0, 0.05) is 40.8 Å². The molecule has 1 aliphatic heterocycles. The number of aryl methyl sites for hydroxylation is 1. The minimum absolute atomic E-state index is 0.208. The molecule has 0 spiro atoms. The number of amides is 1. The average molecular weight is 489 g/mol. The number of hydrogen-bond donors (Lipinski definition) is 2. The summed E-state index contributed by atoms with van der Waals surface area (Å²) in [5.74, 6) is 0.303. The lowest BCUT2D eigenvalue weighted by atomic mass is 10.1. The van der Waals surface area contributed by atoms with Crippen molar-refractivity contribution in [3.63, 3.8) is 0 Å². The highest BCUT2D eigenvalue weighted by molar-refractivity contribution is 7.98. The van der Waals surface area contributed by atoms with E-state index in [2.05, 4.69) is 38.9 Å². The van der Waals surface area contributed by atoms with Crippen molar-refractivity contribution >= 4 is 34.4 Å². The van der Waals surface area contributed by atoms with Crippen molar-refractivity contribution in [2.24, 2.45) is 0 Å². The number of carbonyl (C=O) groups excluding carboxylic acids is 1. The molecule has 0 bridgehead atoms. The number of benzene rings is 3. The maximum Gasteiger partial charge on any atom is 0.265 e. The van der Waals surface area contributed by atoms with E-state index in [0.717, 1.165) is 65.5 Å². The van der Waals surface area contributed by atoms with Crippen LogP contribution in [0.1, 0.15) is 28.5 Å². The second-order valence-electron chi connectivity index (χ2n) is 8.32. The lowest BCUT2D eigenvalue weighted by Crippen LogP contribution is -2.36. The van der Waals surface area contributed by atoms with E-state index in [9.17, 15) is 4.79 Å². The molecule has 0 unspecified atom stereocenters. The van der Waals surface area contributed by atoms with Gasteiger partial charge in [0.1, 0.15) is 12.4 Å². The zero-order chi connectivity index (χ0) is 24.0. The van der Waals surface area contributed by atoms with Crippen molar-refractivity contribution in [2.45, 2.75) is 24.8 Å². The summed E-state index contributed by atoms with van der Waals surface area (Å²) < 4.78 is 14.5. The maximum atomic E-state index is 13.3. The summed E-state index contributed by atoms with van der Waals surface area (Å²) in [6.07, 6.45) is 0.798. The van der Waals surface area contributed by atoms with Crippen molar-refractivity contribution in [3.05, 3.63) is 83.6 Å². The van der Waals surface area contributed by atoms with Crippen LogP contribution in [0.3, 0.4) is 0 Å². The van der Waals surface area contributed by atoms with E-state index < -0.39 is 0 Å². The van der Waals surface area contributed by atoms with Gasteiger partial charge in [0.15, 0.2) is 0 Å². The van der Waals surface area contributed by atoms with Gasteiger partial charge in [-0.05, 0) is 54.3 Å². The van der Waals surface area contributed by atoms with Crippen molar-refractivity contribution < 1.29 is 14.3 Å². The fourth-order valence-corrected chi connectivity index (χ4v) is 4.69. The summed E-state index contributed by atoms with van der Waals surface area (Å²) in [5.41, 5.74) is 4.47. The summed E-state index contributed by atoms with van der Waals surface area (Å²) in [6, 6.07) is 21.8.